The maximum atomic E-state index is 12.5. The molecule has 126 valence electrons. The Morgan fingerprint density at radius 2 is 1.96 bits per heavy atom. The zero-order valence-corrected chi connectivity index (χ0v) is 14.9. The Labute approximate surface area is 147 Å². The van der Waals surface area contributed by atoms with Crippen molar-refractivity contribution in [2.75, 3.05) is 11.6 Å². The van der Waals surface area contributed by atoms with E-state index in [1.54, 1.807) is 4.90 Å². The van der Waals surface area contributed by atoms with E-state index in [1.165, 1.54) is 5.56 Å². The normalized spacial score (nSPS) is 16.0. The fraction of sp³-hybridized carbons (Fsp3) is 0.316. The molecule has 0 radical (unpaired) electrons. The molecule has 2 aromatic carbocycles. The summed E-state index contributed by atoms with van der Waals surface area (Å²) in [6.45, 7) is 6.03. The van der Waals surface area contributed by atoms with Crippen molar-refractivity contribution in [3.63, 3.8) is 0 Å². The largest absolute Gasteiger partial charge is 0.473 e. The number of carbonyl (C=O) groups is 1. The predicted octanol–water partition coefficient (Wildman–Crippen LogP) is 4.45. The Hall–Kier alpha value is -2.20. The van der Waals surface area contributed by atoms with Crippen LogP contribution in [0.25, 0.3) is 0 Å². The lowest BCUT2D eigenvalue weighted by Gasteiger charge is -2.23. The van der Waals surface area contributed by atoms with Crippen molar-refractivity contribution in [3.05, 3.63) is 58.1 Å². The van der Waals surface area contributed by atoms with Gasteiger partial charge in [-0.2, -0.15) is 0 Å². The molecule has 1 aliphatic rings. The van der Waals surface area contributed by atoms with E-state index < -0.39 is 0 Å². The topological polar surface area (TPSA) is 41.6 Å². The van der Waals surface area contributed by atoms with Crippen molar-refractivity contribution >= 4 is 23.3 Å². The van der Waals surface area contributed by atoms with Gasteiger partial charge in [-0.3, -0.25) is 4.90 Å². The second kappa shape index (κ2) is 6.73. The first kappa shape index (κ1) is 16.7. The van der Waals surface area contributed by atoms with Crippen molar-refractivity contribution in [3.8, 4) is 5.75 Å². The molecule has 1 aliphatic heterocycles. The second-order valence-corrected chi connectivity index (χ2v) is 6.57. The summed E-state index contributed by atoms with van der Waals surface area (Å²) in [5, 5.41) is 3.57. The third-order valence-electron chi connectivity index (χ3n) is 4.30. The monoisotopic (exact) mass is 344 g/mol. The smallest absolute Gasteiger partial charge is 0.324 e. The minimum absolute atomic E-state index is 0.116. The molecule has 0 spiro atoms. The summed E-state index contributed by atoms with van der Waals surface area (Å²) in [6, 6.07) is 11.7. The zero-order valence-electron chi connectivity index (χ0n) is 14.1. The van der Waals surface area contributed by atoms with Gasteiger partial charge < -0.3 is 10.1 Å². The number of benzene rings is 2. The third kappa shape index (κ3) is 3.20. The summed E-state index contributed by atoms with van der Waals surface area (Å²) < 4.78 is 5.66. The molecule has 0 bridgehead atoms. The highest BCUT2D eigenvalue weighted by atomic mass is 35.5. The maximum Gasteiger partial charge on any atom is 0.324 e. The highest BCUT2D eigenvalue weighted by Crippen LogP contribution is 2.31. The summed E-state index contributed by atoms with van der Waals surface area (Å²) in [5.74, 6) is 0.699. The van der Waals surface area contributed by atoms with Crippen LogP contribution in [-0.4, -0.2) is 18.8 Å². The van der Waals surface area contributed by atoms with Crippen molar-refractivity contribution in [1.82, 2.24) is 5.32 Å². The van der Waals surface area contributed by atoms with Gasteiger partial charge in [0.25, 0.3) is 0 Å². The Morgan fingerprint density at radius 1 is 1.29 bits per heavy atom. The van der Waals surface area contributed by atoms with Crippen molar-refractivity contribution in [2.45, 2.75) is 33.2 Å². The average Bonchev–Trinajstić information content (AvgIpc) is 2.88. The van der Waals surface area contributed by atoms with Gasteiger partial charge in [-0.15, -0.1) is 0 Å². The first-order chi connectivity index (χ1) is 11.5. The minimum atomic E-state index is -0.144. The molecular formula is C19H21ClN2O2. The number of ether oxygens (including phenoxy) is 1. The number of urea groups is 1. The van der Waals surface area contributed by atoms with Gasteiger partial charge in [0.05, 0.1) is 0 Å². The van der Waals surface area contributed by atoms with E-state index in [1.807, 2.05) is 51.1 Å². The van der Waals surface area contributed by atoms with Crippen molar-refractivity contribution < 1.29 is 9.53 Å². The molecular weight excluding hydrogens is 324 g/mol. The number of hydrogen-bond donors (Lipinski definition) is 1. The lowest BCUT2D eigenvalue weighted by Crippen LogP contribution is -2.44. The number of rotatable bonds is 3. The Kier molecular flexibility index (Phi) is 4.67. The molecule has 0 aliphatic carbocycles. The summed E-state index contributed by atoms with van der Waals surface area (Å²) in [5.41, 5.74) is 4.09. The fourth-order valence-electron chi connectivity index (χ4n) is 3.13. The SMILES string of the molecule is Cc1cc(OCNC(=O)N2c3ccccc3CC2C)cc(C)c1Cl. The highest BCUT2D eigenvalue weighted by molar-refractivity contribution is 6.32. The number of para-hydroxylation sites is 1. The molecule has 5 heteroatoms. The molecule has 2 amide bonds. The van der Waals surface area contributed by atoms with Crippen LogP contribution in [0.2, 0.25) is 5.02 Å². The molecule has 4 nitrogen and oxygen atoms in total. The first-order valence-corrected chi connectivity index (χ1v) is 8.39. The van der Waals surface area contributed by atoms with E-state index in [0.29, 0.717) is 5.75 Å². The minimum Gasteiger partial charge on any atom is -0.473 e. The Morgan fingerprint density at radius 3 is 2.67 bits per heavy atom. The number of fused-ring (bicyclic) bond motifs is 1. The summed E-state index contributed by atoms with van der Waals surface area (Å²) in [6.07, 6.45) is 0.875. The van der Waals surface area contributed by atoms with Crippen LogP contribution in [0.4, 0.5) is 10.5 Å². The predicted molar refractivity (Wildman–Crippen MR) is 97.0 cm³/mol. The first-order valence-electron chi connectivity index (χ1n) is 8.02. The van der Waals surface area contributed by atoms with E-state index in [4.69, 9.17) is 16.3 Å². The lowest BCUT2D eigenvalue weighted by molar-refractivity contribution is 0.228. The molecule has 3 rings (SSSR count). The van der Waals surface area contributed by atoms with Gasteiger partial charge in [0, 0.05) is 16.8 Å². The van der Waals surface area contributed by atoms with Gasteiger partial charge in [0.15, 0.2) is 6.73 Å². The number of carbonyl (C=O) groups excluding carboxylic acids is 1. The third-order valence-corrected chi connectivity index (χ3v) is 4.89. The Bertz CT molecular complexity index is 753. The van der Waals surface area contributed by atoms with Gasteiger partial charge in [-0.05, 0) is 62.1 Å². The van der Waals surface area contributed by atoms with E-state index in [0.717, 1.165) is 28.3 Å². The van der Waals surface area contributed by atoms with Crippen molar-refractivity contribution in [2.24, 2.45) is 0 Å². The summed E-state index contributed by atoms with van der Waals surface area (Å²) in [4.78, 5) is 14.3. The lowest BCUT2D eigenvalue weighted by atomic mass is 10.1. The highest BCUT2D eigenvalue weighted by Gasteiger charge is 2.30. The zero-order chi connectivity index (χ0) is 17.3. The van der Waals surface area contributed by atoms with Gasteiger partial charge >= 0.3 is 6.03 Å². The van der Waals surface area contributed by atoms with Crippen LogP contribution < -0.4 is 15.0 Å². The van der Waals surface area contributed by atoms with Crippen LogP contribution in [0, 0.1) is 13.8 Å². The molecule has 1 heterocycles. The number of halogens is 1. The van der Waals surface area contributed by atoms with Crippen LogP contribution in [0.3, 0.4) is 0 Å². The molecule has 0 aromatic heterocycles. The number of nitrogens with zero attached hydrogens (tertiary/aromatic N) is 1. The second-order valence-electron chi connectivity index (χ2n) is 6.19. The van der Waals surface area contributed by atoms with Crippen LogP contribution >= 0.6 is 11.6 Å². The number of hydrogen-bond acceptors (Lipinski definition) is 2. The van der Waals surface area contributed by atoms with Gasteiger partial charge in [-0.1, -0.05) is 29.8 Å². The number of amides is 2. The van der Waals surface area contributed by atoms with Crippen LogP contribution in [0.1, 0.15) is 23.6 Å². The molecule has 1 atom stereocenters. The van der Waals surface area contributed by atoms with E-state index in [2.05, 4.69) is 11.4 Å². The van der Waals surface area contributed by atoms with Crippen LogP contribution in [0.15, 0.2) is 36.4 Å². The molecule has 2 aromatic rings. The van der Waals surface area contributed by atoms with Crippen molar-refractivity contribution in [1.29, 1.82) is 0 Å². The molecule has 1 unspecified atom stereocenters. The molecule has 1 N–H and O–H groups in total. The summed E-state index contributed by atoms with van der Waals surface area (Å²) >= 11 is 6.15. The number of anilines is 1. The van der Waals surface area contributed by atoms with Gasteiger partial charge in [0.1, 0.15) is 5.75 Å². The van der Waals surface area contributed by atoms with E-state index in [9.17, 15) is 4.79 Å². The Balaban J connectivity index is 1.62. The quantitative estimate of drug-likeness (QED) is 0.835. The molecule has 24 heavy (non-hydrogen) atoms. The van der Waals surface area contributed by atoms with Crippen LogP contribution in [-0.2, 0) is 6.42 Å². The van der Waals surface area contributed by atoms with Gasteiger partial charge in [-0.25, -0.2) is 4.79 Å². The standard InChI is InChI=1S/C19H21ClN2O2/c1-12-8-16(9-13(2)18(12)20)24-11-21-19(23)22-14(3)10-15-6-4-5-7-17(15)22/h4-9,14H,10-11H2,1-3H3,(H,21,23). The molecule has 0 saturated carbocycles. The van der Waals surface area contributed by atoms with E-state index in [-0.39, 0.29) is 18.8 Å². The number of aryl methyl sites for hydroxylation is 2. The number of nitrogens with one attached hydrogen (secondary N) is 1. The maximum absolute atomic E-state index is 12.5. The van der Waals surface area contributed by atoms with Crippen LogP contribution in [0.5, 0.6) is 5.75 Å². The molecule has 0 saturated heterocycles. The van der Waals surface area contributed by atoms with E-state index >= 15 is 0 Å². The van der Waals surface area contributed by atoms with Gasteiger partial charge in [0.2, 0.25) is 0 Å². The fourth-order valence-corrected chi connectivity index (χ4v) is 3.24. The molecule has 0 fully saturated rings. The summed E-state index contributed by atoms with van der Waals surface area (Å²) in [7, 11) is 0. The average molecular weight is 345 g/mol.